The van der Waals surface area contributed by atoms with Gasteiger partial charge in [-0.1, -0.05) is 84.9 Å². The van der Waals surface area contributed by atoms with Crippen molar-refractivity contribution in [3.8, 4) is 67.3 Å². The average molecular weight is 651 g/mol. The van der Waals surface area contributed by atoms with Crippen molar-refractivity contribution < 1.29 is 0 Å². The van der Waals surface area contributed by atoms with Crippen LogP contribution < -0.4 is 0 Å². The number of nitrogens with zero attached hydrogens (tertiary/aromatic N) is 4. The molecule has 4 aromatic heterocycles. The van der Waals surface area contributed by atoms with Crippen LogP contribution in [0.2, 0.25) is 0 Å². The third kappa shape index (κ3) is 5.08. The van der Waals surface area contributed by atoms with Crippen LogP contribution in [0.3, 0.4) is 0 Å². The first kappa shape index (κ1) is 28.4. The molecule has 0 saturated heterocycles. The van der Waals surface area contributed by atoms with Gasteiger partial charge < -0.3 is 0 Å². The van der Waals surface area contributed by atoms with E-state index >= 15 is 0 Å². The molecule has 48 heavy (non-hydrogen) atoms. The monoisotopic (exact) mass is 650 g/mol. The zero-order valence-electron chi connectivity index (χ0n) is 25.6. The molecule has 0 fully saturated rings. The summed E-state index contributed by atoms with van der Waals surface area (Å²) in [5, 5.41) is 8.64. The number of hydrogen-bond acceptors (Lipinski definition) is 6. The minimum atomic E-state index is 0.920. The van der Waals surface area contributed by atoms with Crippen molar-refractivity contribution >= 4 is 44.2 Å². The fourth-order valence-corrected chi connectivity index (χ4v) is 7.64. The van der Waals surface area contributed by atoms with E-state index in [-0.39, 0.29) is 0 Å². The minimum Gasteiger partial charge on any atom is -0.256 e. The lowest BCUT2D eigenvalue weighted by atomic mass is 9.87. The Kier molecular flexibility index (Phi) is 7.15. The predicted molar refractivity (Wildman–Crippen MR) is 201 cm³/mol. The quantitative estimate of drug-likeness (QED) is 0.168. The van der Waals surface area contributed by atoms with E-state index in [9.17, 15) is 0 Å². The lowest BCUT2D eigenvalue weighted by Crippen LogP contribution is -1.95. The normalized spacial score (nSPS) is 11.3. The van der Waals surface area contributed by atoms with Crippen LogP contribution in [0.4, 0.5) is 0 Å². The molecule has 9 aromatic rings. The summed E-state index contributed by atoms with van der Waals surface area (Å²) in [6.07, 6.45) is 3.87. The molecule has 0 aliphatic heterocycles. The van der Waals surface area contributed by atoms with Crippen molar-refractivity contribution in [1.82, 2.24) is 19.9 Å². The Balaban J connectivity index is 1.28. The summed E-state index contributed by atoms with van der Waals surface area (Å²) in [6.45, 7) is 0. The molecule has 0 radical (unpaired) electrons. The SMILES string of the molecule is c1ccc(-c2cccc(-c3ccc4c(-c5ccc(-c6cscn6)cn5)c5ccccc5c(-c5ccc(-c6cscn6)cn5)c4c3)c2)cc1. The highest BCUT2D eigenvalue weighted by molar-refractivity contribution is 7.08. The molecule has 0 amide bonds. The van der Waals surface area contributed by atoms with E-state index in [0.717, 1.165) is 77.7 Å². The van der Waals surface area contributed by atoms with Gasteiger partial charge in [-0.15, -0.1) is 22.7 Å². The van der Waals surface area contributed by atoms with Gasteiger partial charge >= 0.3 is 0 Å². The number of fused-ring (bicyclic) bond motifs is 2. The maximum atomic E-state index is 5.05. The topological polar surface area (TPSA) is 51.6 Å². The first-order valence-electron chi connectivity index (χ1n) is 15.6. The number of pyridine rings is 2. The van der Waals surface area contributed by atoms with Crippen molar-refractivity contribution in [2.24, 2.45) is 0 Å². The molecule has 6 heteroatoms. The van der Waals surface area contributed by atoms with Gasteiger partial charge in [-0.05, 0) is 80.2 Å². The van der Waals surface area contributed by atoms with Crippen LogP contribution in [0, 0.1) is 0 Å². The summed E-state index contributed by atoms with van der Waals surface area (Å²) in [5.41, 5.74) is 16.4. The molecule has 0 spiro atoms. The number of rotatable bonds is 6. The molecule has 5 aromatic carbocycles. The minimum absolute atomic E-state index is 0.920. The summed E-state index contributed by atoms with van der Waals surface area (Å²) in [6, 6.07) is 43.2. The van der Waals surface area contributed by atoms with Gasteiger partial charge in [-0.25, -0.2) is 9.97 Å². The van der Waals surface area contributed by atoms with E-state index < -0.39 is 0 Å². The predicted octanol–water partition coefficient (Wildman–Crippen LogP) is 11.7. The molecule has 0 aliphatic carbocycles. The molecular formula is C42H26N4S2. The lowest BCUT2D eigenvalue weighted by Gasteiger charge is -2.18. The second kappa shape index (κ2) is 12.1. The largest absolute Gasteiger partial charge is 0.256 e. The van der Waals surface area contributed by atoms with Crippen LogP contribution in [-0.4, -0.2) is 19.9 Å². The summed E-state index contributed by atoms with van der Waals surface area (Å²) in [5.74, 6) is 0. The Bertz CT molecular complexity index is 2520. The molecule has 0 saturated carbocycles. The number of benzene rings is 5. The van der Waals surface area contributed by atoms with Crippen LogP contribution in [-0.2, 0) is 0 Å². The van der Waals surface area contributed by atoms with Crippen LogP contribution >= 0.6 is 22.7 Å². The van der Waals surface area contributed by atoms with E-state index in [2.05, 4.69) is 142 Å². The maximum absolute atomic E-state index is 5.05. The van der Waals surface area contributed by atoms with E-state index in [1.165, 1.54) is 11.1 Å². The highest BCUT2D eigenvalue weighted by Gasteiger charge is 2.19. The summed E-state index contributed by atoms with van der Waals surface area (Å²) >= 11 is 3.18. The Morgan fingerprint density at radius 1 is 0.333 bits per heavy atom. The zero-order valence-corrected chi connectivity index (χ0v) is 27.2. The summed E-state index contributed by atoms with van der Waals surface area (Å²) in [7, 11) is 0. The Morgan fingerprint density at radius 2 is 0.833 bits per heavy atom. The van der Waals surface area contributed by atoms with Gasteiger partial charge in [-0.3, -0.25) is 9.97 Å². The van der Waals surface area contributed by atoms with Gasteiger partial charge in [0.1, 0.15) is 0 Å². The second-order valence-corrected chi connectivity index (χ2v) is 13.1. The molecule has 226 valence electrons. The smallest absolute Gasteiger partial charge is 0.0826 e. The van der Waals surface area contributed by atoms with E-state index in [1.807, 2.05) is 23.4 Å². The summed E-state index contributed by atoms with van der Waals surface area (Å²) < 4.78 is 0. The highest BCUT2D eigenvalue weighted by atomic mass is 32.1. The first-order valence-corrected chi connectivity index (χ1v) is 17.5. The number of aromatic nitrogens is 4. The molecule has 0 bridgehead atoms. The van der Waals surface area contributed by atoms with Crippen LogP contribution in [0.1, 0.15) is 0 Å². The molecular weight excluding hydrogens is 625 g/mol. The average Bonchev–Trinajstić information content (AvgIpc) is 3.91. The third-order valence-electron chi connectivity index (χ3n) is 8.82. The Morgan fingerprint density at radius 3 is 1.40 bits per heavy atom. The van der Waals surface area contributed by atoms with Gasteiger partial charge in [0.05, 0.1) is 33.8 Å². The maximum Gasteiger partial charge on any atom is 0.0826 e. The van der Waals surface area contributed by atoms with Gasteiger partial charge in [0.2, 0.25) is 0 Å². The Hall–Kier alpha value is -5.82. The number of thiazole rings is 2. The van der Waals surface area contributed by atoms with Gasteiger partial charge in [0.25, 0.3) is 0 Å². The van der Waals surface area contributed by atoms with E-state index in [0.29, 0.717) is 0 Å². The fraction of sp³-hybridized carbons (Fsp3) is 0. The summed E-state index contributed by atoms with van der Waals surface area (Å²) in [4.78, 5) is 19.1. The van der Waals surface area contributed by atoms with Crippen LogP contribution in [0.15, 0.2) is 156 Å². The van der Waals surface area contributed by atoms with Crippen molar-refractivity contribution in [2.45, 2.75) is 0 Å². The molecule has 0 unspecified atom stereocenters. The lowest BCUT2D eigenvalue weighted by molar-refractivity contribution is 1.31. The van der Waals surface area contributed by atoms with E-state index in [1.54, 1.807) is 22.7 Å². The molecule has 9 rings (SSSR count). The third-order valence-corrected chi connectivity index (χ3v) is 10.00. The number of hydrogen-bond donors (Lipinski definition) is 0. The van der Waals surface area contributed by atoms with Crippen LogP contribution in [0.25, 0.3) is 88.8 Å². The van der Waals surface area contributed by atoms with Gasteiger partial charge in [0.15, 0.2) is 0 Å². The highest BCUT2D eigenvalue weighted by Crippen LogP contribution is 2.44. The van der Waals surface area contributed by atoms with Crippen molar-refractivity contribution in [3.63, 3.8) is 0 Å². The molecule has 0 aliphatic rings. The standard InChI is InChI=1S/C42H26N4S2/c1-2-7-27(8-3-1)28-9-6-10-29(19-28)30-13-16-35-36(20-30)42(38-18-15-32(22-44-38)40-24-48-26-46-40)34-12-5-4-11-33(34)41(35)37-17-14-31(21-43-37)39-23-47-25-45-39/h1-26H. The van der Waals surface area contributed by atoms with Crippen LogP contribution in [0.5, 0.6) is 0 Å². The molecule has 0 atom stereocenters. The van der Waals surface area contributed by atoms with Crippen molar-refractivity contribution in [1.29, 1.82) is 0 Å². The second-order valence-electron chi connectivity index (χ2n) is 11.6. The van der Waals surface area contributed by atoms with Gasteiger partial charge in [0, 0.05) is 45.4 Å². The fourth-order valence-electron chi connectivity index (χ4n) is 6.52. The molecule has 0 N–H and O–H groups in total. The Labute approximate surface area is 285 Å². The molecule has 4 nitrogen and oxygen atoms in total. The zero-order chi connectivity index (χ0) is 31.9. The van der Waals surface area contributed by atoms with E-state index in [4.69, 9.17) is 9.97 Å². The first-order chi connectivity index (χ1) is 23.8. The van der Waals surface area contributed by atoms with Gasteiger partial charge in [-0.2, -0.15) is 0 Å². The van der Waals surface area contributed by atoms with Crippen molar-refractivity contribution in [3.05, 3.63) is 156 Å². The molecule has 4 heterocycles. The van der Waals surface area contributed by atoms with Crippen molar-refractivity contribution in [2.75, 3.05) is 0 Å².